The van der Waals surface area contributed by atoms with Crippen molar-refractivity contribution < 1.29 is 13.9 Å². The molecule has 0 amide bonds. The van der Waals surface area contributed by atoms with Gasteiger partial charge in [-0.1, -0.05) is 48.0 Å². The fourth-order valence-corrected chi connectivity index (χ4v) is 3.59. The topological polar surface area (TPSA) is 65.2 Å². The molecule has 4 aromatic rings. The molecule has 2 aromatic heterocycles. The Kier molecular flexibility index (Phi) is 5.04. The summed E-state index contributed by atoms with van der Waals surface area (Å²) in [5.41, 5.74) is 3.83. The van der Waals surface area contributed by atoms with Crippen molar-refractivity contribution in [2.45, 2.75) is 20.0 Å². The molecule has 0 fully saturated rings. The van der Waals surface area contributed by atoms with E-state index in [0.717, 1.165) is 16.7 Å². The van der Waals surface area contributed by atoms with Crippen LogP contribution in [0, 0.1) is 6.92 Å². The highest BCUT2D eigenvalue weighted by molar-refractivity contribution is 7.12. The first-order valence-corrected chi connectivity index (χ1v) is 9.74. The molecule has 5 nitrogen and oxygen atoms in total. The third kappa shape index (κ3) is 3.73. The van der Waals surface area contributed by atoms with E-state index in [1.165, 1.54) is 16.9 Å². The highest BCUT2D eigenvalue weighted by atomic mass is 32.1. The van der Waals surface area contributed by atoms with Gasteiger partial charge in [0.15, 0.2) is 6.10 Å². The fourth-order valence-electron chi connectivity index (χ4n) is 2.79. The zero-order valence-corrected chi connectivity index (χ0v) is 16.3. The number of nitrogens with zero attached hydrogens (tertiary/aromatic N) is 2. The third-order valence-electron chi connectivity index (χ3n) is 4.31. The second-order valence-corrected chi connectivity index (χ2v) is 7.30. The smallest absolute Gasteiger partial charge is 0.349 e. The van der Waals surface area contributed by atoms with E-state index in [2.05, 4.69) is 10.2 Å². The van der Waals surface area contributed by atoms with Crippen molar-refractivity contribution in [2.75, 3.05) is 0 Å². The maximum Gasteiger partial charge on any atom is 0.349 e. The van der Waals surface area contributed by atoms with Gasteiger partial charge in [-0.2, -0.15) is 0 Å². The highest BCUT2D eigenvalue weighted by Gasteiger charge is 2.23. The van der Waals surface area contributed by atoms with Gasteiger partial charge < -0.3 is 9.15 Å². The molecule has 2 aromatic carbocycles. The number of hydrogen-bond donors (Lipinski definition) is 0. The van der Waals surface area contributed by atoms with Gasteiger partial charge in [0.25, 0.3) is 5.89 Å². The number of ether oxygens (including phenoxy) is 1. The van der Waals surface area contributed by atoms with E-state index in [-0.39, 0.29) is 5.89 Å². The van der Waals surface area contributed by atoms with E-state index in [4.69, 9.17) is 9.15 Å². The van der Waals surface area contributed by atoms with Crippen molar-refractivity contribution in [3.05, 3.63) is 82.4 Å². The number of carbonyl (C=O) groups excluding carboxylic acids is 1. The van der Waals surface area contributed by atoms with Crippen LogP contribution in [0.25, 0.3) is 22.6 Å². The molecule has 6 heteroatoms. The summed E-state index contributed by atoms with van der Waals surface area (Å²) in [4.78, 5) is 13.3. The molecule has 1 atom stereocenters. The summed E-state index contributed by atoms with van der Waals surface area (Å²) in [5.74, 6) is 0.258. The minimum Gasteiger partial charge on any atom is -0.448 e. The minimum absolute atomic E-state index is 0.264. The first-order valence-electron chi connectivity index (χ1n) is 8.86. The molecule has 0 saturated carbocycles. The Bertz CT molecular complexity index is 1080. The van der Waals surface area contributed by atoms with Gasteiger partial charge >= 0.3 is 5.97 Å². The monoisotopic (exact) mass is 390 g/mol. The average Bonchev–Trinajstić information content (AvgIpc) is 3.39. The first kappa shape index (κ1) is 18.1. The lowest BCUT2D eigenvalue weighted by atomic mass is 10.1. The Morgan fingerprint density at radius 1 is 1.00 bits per heavy atom. The van der Waals surface area contributed by atoms with Crippen LogP contribution in [-0.2, 0) is 4.74 Å². The molecule has 4 rings (SSSR count). The average molecular weight is 390 g/mol. The molecular weight excluding hydrogens is 372 g/mol. The fraction of sp³-hybridized carbons (Fsp3) is 0.136. The molecule has 0 bridgehead atoms. The molecule has 0 aliphatic rings. The van der Waals surface area contributed by atoms with Crippen LogP contribution in [0.2, 0.25) is 0 Å². The highest BCUT2D eigenvalue weighted by Crippen LogP contribution is 2.31. The third-order valence-corrected chi connectivity index (χ3v) is 5.20. The maximum absolute atomic E-state index is 12.7. The van der Waals surface area contributed by atoms with E-state index >= 15 is 0 Å². The van der Waals surface area contributed by atoms with Gasteiger partial charge in [-0.25, -0.2) is 4.79 Å². The van der Waals surface area contributed by atoms with Crippen molar-refractivity contribution in [3.63, 3.8) is 0 Å². The lowest BCUT2D eigenvalue weighted by molar-refractivity contribution is 0.0286. The van der Waals surface area contributed by atoms with Crippen LogP contribution in [0.4, 0.5) is 0 Å². The van der Waals surface area contributed by atoms with Crippen molar-refractivity contribution in [1.82, 2.24) is 10.2 Å². The molecule has 0 saturated heterocycles. The number of thiophene rings is 1. The van der Waals surface area contributed by atoms with E-state index in [0.29, 0.717) is 10.8 Å². The summed E-state index contributed by atoms with van der Waals surface area (Å²) in [7, 11) is 0. The zero-order chi connectivity index (χ0) is 19.5. The molecule has 0 unspecified atom stereocenters. The maximum atomic E-state index is 12.7. The molecule has 0 aliphatic carbocycles. The van der Waals surface area contributed by atoms with Crippen molar-refractivity contribution in [1.29, 1.82) is 0 Å². The summed E-state index contributed by atoms with van der Waals surface area (Å²) in [6, 6.07) is 19.4. The number of aryl methyl sites for hydroxylation is 1. The van der Waals surface area contributed by atoms with Crippen LogP contribution in [0.1, 0.15) is 34.2 Å². The molecule has 0 spiro atoms. The Balaban J connectivity index is 1.51. The molecule has 140 valence electrons. The van der Waals surface area contributed by atoms with Crippen LogP contribution >= 0.6 is 11.3 Å². The number of rotatable bonds is 5. The Morgan fingerprint density at radius 2 is 1.75 bits per heavy atom. The van der Waals surface area contributed by atoms with Gasteiger partial charge in [-0.15, -0.1) is 21.5 Å². The molecule has 0 N–H and O–H groups in total. The summed E-state index contributed by atoms with van der Waals surface area (Å²) < 4.78 is 11.3. The summed E-state index contributed by atoms with van der Waals surface area (Å²) in [5, 5.41) is 9.96. The number of carbonyl (C=O) groups is 1. The molecular formula is C22H18N2O3S. The van der Waals surface area contributed by atoms with Crippen LogP contribution in [0.15, 0.2) is 70.5 Å². The van der Waals surface area contributed by atoms with Gasteiger partial charge in [-0.05, 0) is 43.0 Å². The van der Waals surface area contributed by atoms with Crippen molar-refractivity contribution in [2.24, 2.45) is 0 Å². The van der Waals surface area contributed by atoms with Crippen LogP contribution in [0.3, 0.4) is 0 Å². The number of hydrogen-bond acceptors (Lipinski definition) is 6. The Labute approximate surface area is 166 Å². The second kappa shape index (κ2) is 7.78. The predicted molar refractivity (Wildman–Crippen MR) is 108 cm³/mol. The standard InChI is InChI=1S/C22H18N2O3S/c1-14-8-10-16(11-9-14)18-12-13-28-19(18)22(25)26-15(2)20-23-24-21(27-20)17-6-4-3-5-7-17/h3-13,15H,1-2H3/t15-/m1/s1. The van der Waals surface area contributed by atoms with Gasteiger partial charge in [0.1, 0.15) is 4.88 Å². The van der Waals surface area contributed by atoms with Crippen LogP contribution < -0.4 is 0 Å². The van der Waals surface area contributed by atoms with Gasteiger partial charge in [0, 0.05) is 11.1 Å². The number of benzene rings is 2. The van der Waals surface area contributed by atoms with Crippen molar-refractivity contribution >= 4 is 17.3 Å². The van der Waals surface area contributed by atoms with E-state index in [9.17, 15) is 4.79 Å². The van der Waals surface area contributed by atoms with Crippen LogP contribution in [-0.4, -0.2) is 16.2 Å². The zero-order valence-electron chi connectivity index (χ0n) is 15.5. The lowest BCUT2D eigenvalue weighted by Gasteiger charge is -2.10. The van der Waals surface area contributed by atoms with Crippen molar-refractivity contribution in [3.8, 4) is 22.6 Å². The largest absolute Gasteiger partial charge is 0.448 e. The summed E-state index contributed by atoms with van der Waals surface area (Å²) in [6.45, 7) is 3.75. The normalized spacial score (nSPS) is 11.9. The molecule has 2 heterocycles. The van der Waals surface area contributed by atoms with E-state index in [1.54, 1.807) is 6.92 Å². The predicted octanol–water partition coefficient (Wildman–Crippen LogP) is 5.69. The number of aromatic nitrogens is 2. The minimum atomic E-state index is -0.648. The second-order valence-electron chi connectivity index (χ2n) is 6.39. The molecule has 28 heavy (non-hydrogen) atoms. The van der Waals surface area contributed by atoms with Crippen LogP contribution in [0.5, 0.6) is 0 Å². The number of esters is 1. The van der Waals surface area contributed by atoms with E-state index in [1.807, 2.05) is 73.0 Å². The first-order chi connectivity index (χ1) is 13.6. The quantitative estimate of drug-likeness (QED) is 0.410. The summed E-state index contributed by atoms with van der Waals surface area (Å²) in [6.07, 6.45) is -0.648. The molecule has 0 radical (unpaired) electrons. The van der Waals surface area contributed by atoms with Gasteiger partial charge in [-0.3, -0.25) is 0 Å². The molecule has 0 aliphatic heterocycles. The Hall–Kier alpha value is -3.25. The van der Waals surface area contributed by atoms with Gasteiger partial charge in [0.05, 0.1) is 0 Å². The lowest BCUT2D eigenvalue weighted by Crippen LogP contribution is -2.09. The summed E-state index contributed by atoms with van der Waals surface area (Å²) >= 11 is 1.35. The SMILES string of the molecule is Cc1ccc(-c2ccsc2C(=O)O[C@H](C)c2nnc(-c3ccccc3)o2)cc1. The van der Waals surface area contributed by atoms with Gasteiger partial charge in [0.2, 0.25) is 5.89 Å². The van der Waals surface area contributed by atoms with E-state index < -0.39 is 12.1 Å². The Morgan fingerprint density at radius 3 is 2.50 bits per heavy atom.